The number of methoxy groups -OCH3 is 1. The number of hydrogen-bond acceptors (Lipinski definition) is 5. The second-order valence-corrected chi connectivity index (χ2v) is 8.12. The van der Waals surface area contributed by atoms with Gasteiger partial charge in [0.25, 0.3) is 0 Å². The topological polar surface area (TPSA) is 112 Å². The van der Waals surface area contributed by atoms with E-state index in [-0.39, 0.29) is 18.9 Å². The number of aliphatic hydroxyl groups excluding tert-OH is 1. The summed E-state index contributed by atoms with van der Waals surface area (Å²) in [6.07, 6.45) is -0.417. The summed E-state index contributed by atoms with van der Waals surface area (Å²) in [5.74, 6) is 0.355. The highest BCUT2D eigenvalue weighted by molar-refractivity contribution is 5.98. The number of ether oxygens (including phenoxy) is 1. The largest absolute Gasteiger partial charge is 0.497 e. The molecule has 0 spiro atoms. The molecular weight excluding hydrogens is 428 g/mol. The number of primary amides is 1. The second-order valence-electron chi connectivity index (χ2n) is 8.12. The molecule has 7 nitrogen and oxygen atoms in total. The molecule has 3 rings (SSSR count). The minimum absolute atomic E-state index is 0.146. The first-order valence-corrected chi connectivity index (χ1v) is 11.2. The number of hydrogen-bond donors (Lipinski definition) is 4. The van der Waals surface area contributed by atoms with Crippen molar-refractivity contribution in [1.82, 2.24) is 10.2 Å². The van der Waals surface area contributed by atoms with Crippen molar-refractivity contribution in [1.29, 1.82) is 5.41 Å². The first kappa shape index (κ1) is 25.0. The number of aliphatic hydroxyl groups is 1. The summed E-state index contributed by atoms with van der Waals surface area (Å²) in [4.78, 5) is 13.6. The zero-order chi connectivity index (χ0) is 24.3. The van der Waals surface area contributed by atoms with E-state index < -0.39 is 18.1 Å². The van der Waals surface area contributed by atoms with E-state index in [0.29, 0.717) is 18.5 Å². The third-order valence-corrected chi connectivity index (χ3v) is 5.61. The van der Waals surface area contributed by atoms with Crippen LogP contribution >= 0.6 is 0 Å². The molecular formula is C27H32N4O3. The van der Waals surface area contributed by atoms with Gasteiger partial charge in [-0.25, -0.2) is 0 Å². The lowest BCUT2D eigenvalue weighted by molar-refractivity contribution is -0.119. The van der Waals surface area contributed by atoms with Crippen LogP contribution in [0.2, 0.25) is 0 Å². The minimum atomic E-state index is -0.866. The maximum absolute atomic E-state index is 12.0. The Morgan fingerprint density at radius 1 is 1.03 bits per heavy atom. The molecule has 3 aromatic rings. The predicted octanol–water partition coefficient (Wildman–Crippen LogP) is 2.57. The summed E-state index contributed by atoms with van der Waals surface area (Å²) in [5.41, 5.74) is 8.23. The van der Waals surface area contributed by atoms with Crippen LogP contribution in [0.4, 0.5) is 0 Å². The fourth-order valence-corrected chi connectivity index (χ4v) is 3.88. The Bertz CT molecular complexity index is 1060. The van der Waals surface area contributed by atoms with E-state index in [4.69, 9.17) is 15.9 Å². The van der Waals surface area contributed by atoms with Gasteiger partial charge in [0.2, 0.25) is 5.91 Å². The van der Waals surface area contributed by atoms with Crippen molar-refractivity contribution >= 4 is 11.7 Å². The quantitative estimate of drug-likeness (QED) is 0.245. The molecule has 0 aliphatic heterocycles. The number of nitrogens with two attached hydrogens (primary N) is 1. The van der Waals surface area contributed by atoms with Crippen molar-refractivity contribution in [3.63, 3.8) is 0 Å². The number of benzene rings is 3. The Kier molecular flexibility index (Phi) is 9.20. The maximum atomic E-state index is 12.0. The molecule has 0 radical (unpaired) electrons. The van der Waals surface area contributed by atoms with Crippen molar-refractivity contribution in [2.24, 2.45) is 5.73 Å². The van der Waals surface area contributed by atoms with Crippen molar-refractivity contribution in [3.8, 4) is 5.75 Å². The van der Waals surface area contributed by atoms with E-state index in [9.17, 15) is 9.90 Å². The molecule has 178 valence electrons. The Balaban J connectivity index is 1.80. The third-order valence-electron chi connectivity index (χ3n) is 5.61. The average Bonchev–Trinajstić information content (AvgIpc) is 2.86. The van der Waals surface area contributed by atoms with Gasteiger partial charge >= 0.3 is 0 Å². The lowest BCUT2D eigenvalue weighted by atomic mass is 9.98. The molecule has 5 N–H and O–H groups in total. The SMILES string of the molecule is COc1cccc(CNC[C@@H](O)[C@H](Cc2ccccc2)N(CC(N)=O)C(=N)c2ccccc2)c1. The lowest BCUT2D eigenvalue weighted by Crippen LogP contribution is -2.53. The van der Waals surface area contributed by atoms with E-state index >= 15 is 0 Å². The van der Waals surface area contributed by atoms with Gasteiger partial charge < -0.3 is 25.8 Å². The van der Waals surface area contributed by atoms with Gasteiger partial charge in [0.05, 0.1) is 25.8 Å². The van der Waals surface area contributed by atoms with Crippen LogP contribution in [0.25, 0.3) is 0 Å². The smallest absolute Gasteiger partial charge is 0.237 e. The van der Waals surface area contributed by atoms with Crippen LogP contribution in [0, 0.1) is 5.41 Å². The van der Waals surface area contributed by atoms with Gasteiger partial charge in [-0.2, -0.15) is 0 Å². The molecule has 0 heterocycles. The zero-order valence-corrected chi connectivity index (χ0v) is 19.4. The van der Waals surface area contributed by atoms with Crippen molar-refractivity contribution in [2.75, 3.05) is 20.2 Å². The van der Waals surface area contributed by atoms with E-state index in [0.717, 1.165) is 16.9 Å². The van der Waals surface area contributed by atoms with Crippen LogP contribution < -0.4 is 15.8 Å². The molecule has 0 saturated heterocycles. The monoisotopic (exact) mass is 460 g/mol. The molecule has 0 aromatic heterocycles. The highest BCUT2D eigenvalue weighted by Crippen LogP contribution is 2.17. The Labute approximate surface area is 200 Å². The summed E-state index contributed by atoms with van der Waals surface area (Å²) in [7, 11) is 1.62. The van der Waals surface area contributed by atoms with Gasteiger partial charge in [-0.05, 0) is 29.7 Å². The van der Waals surface area contributed by atoms with Crippen LogP contribution in [0.3, 0.4) is 0 Å². The second kappa shape index (κ2) is 12.5. The molecule has 0 bridgehead atoms. The Hall–Kier alpha value is -3.68. The van der Waals surface area contributed by atoms with Crippen molar-refractivity contribution < 1.29 is 14.6 Å². The normalized spacial score (nSPS) is 12.5. The maximum Gasteiger partial charge on any atom is 0.237 e. The van der Waals surface area contributed by atoms with Crippen LogP contribution in [-0.2, 0) is 17.8 Å². The molecule has 7 heteroatoms. The standard InChI is InChI=1S/C27H32N4O3/c1-34-23-14-8-11-21(15-23)17-30-18-25(32)24(16-20-9-4-2-5-10-20)31(19-26(28)33)27(29)22-12-6-3-7-13-22/h2-15,24-25,29-30,32H,16-19H2,1H3,(H2,28,33)/t24-,25+/m0/s1. The predicted molar refractivity (Wildman–Crippen MR) is 134 cm³/mol. The molecule has 3 aromatic carbocycles. The summed E-state index contributed by atoms with van der Waals surface area (Å²) in [5, 5.41) is 23.3. The minimum Gasteiger partial charge on any atom is -0.497 e. The van der Waals surface area contributed by atoms with Gasteiger partial charge in [0.15, 0.2) is 0 Å². The molecule has 1 amide bonds. The Morgan fingerprint density at radius 3 is 2.32 bits per heavy atom. The average molecular weight is 461 g/mol. The number of rotatable bonds is 12. The van der Waals surface area contributed by atoms with Crippen molar-refractivity contribution in [2.45, 2.75) is 25.1 Å². The Morgan fingerprint density at radius 2 is 1.68 bits per heavy atom. The molecule has 0 fully saturated rings. The highest BCUT2D eigenvalue weighted by atomic mass is 16.5. The number of nitrogens with zero attached hydrogens (tertiary/aromatic N) is 1. The van der Waals surface area contributed by atoms with Gasteiger partial charge in [-0.15, -0.1) is 0 Å². The lowest BCUT2D eigenvalue weighted by Gasteiger charge is -2.36. The third kappa shape index (κ3) is 7.16. The van der Waals surface area contributed by atoms with Crippen molar-refractivity contribution in [3.05, 3.63) is 102 Å². The molecule has 0 saturated carbocycles. The van der Waals surface area contributed by atoms with E-state index in [1.807, 2.05) is 84.9 Å². The fraction of sp³-hybridized carbons (Fsp3) is 0.259. The van der Waals surface area contributed by atoms with Crippen LogP contribution in [0.5, 0.6) is 5.75 Å². The number of nitrogens with one attached hydrogen (secondary N) is 2. The van der Waals surface area contributed by atoms with E-state index in [2.05, 4.69) is 5.32 Å². The van der Waals surface area contributed by atoms with Gasteiger partial charge in [0.1, 0.15) is 11.6 Å². The molecule has 0 aliphatic rings. The number of amidine groups is 1. The first-order chi connectivity index (χ1) is 16.5. The van der Waals surface area contributed by atoms with Gasteiger partial charge in [-0.1, -0.05) is 72.8 Å². The summed E-state index contributed by atoms with van der Waals surface area (Å²) in [6.45, 7) is 0.641. The van der Waals surface area contributed by atoms with Gasteiger partial charge in [0, 0.05) is 18.7 Å². The fourth-order valence-electron chi connectivity index (χ4n) is 3.88. The van der Waals surface area contributed by atoms with Crippen LogP contribution in [0.15, 0.2) is 84.9 Å². The first-order valence-electron chi connectivity index (χ1n) is 11.2. The van der Waals surface area contributed by atoms with Gasteiger partial charge in [-0.3, -0.25) is 10.2 Å². The number of carbonyl (C=O) groups is 1. The summed E-state index contributed by atoms with van der Waals surface area (Å²) in [6, 6.07) is 26.1. The van der Waals surface area contributed by atoms with Crippen LogP contribution in [-0.4, -0.2) is 54.1 Å². The molecule has 34 heavy (non-hydrogen) atoms. The molecule has 0 aliphatic carbocycles. The summed E-state index contributed by atoms with van der Waals surface area (Å²) < 4.78 is 5.27. The zero-order valence-electron chi connectivity index (χ0n) is 19.4. The van der Waals surface area contributed by atoms with Crippen LogP contribution in [0.1, 0.15) is 16.7 Å². The number of carbonyl (C=O) groups excluding carboxylic acids is 1. The highest BCUT2D eigenvalue weighted by Gasteiger charge is 2.30. The summed E-state index contributed by atoms with van der Waals surface area (Å²) >= 11 is 0. The van der Waals surface area contributed by atoms with E-state index in [1.165, 1.54) is 0 Å². The van der Waals surface area contributed by atoms with E-state index in [1.54, 1.807) is 12.0 Å². The number of amides is 1. The molecule has 0 unspecified atom stereocenters. The molecule has 2 atom stereocenters.